The van der Waals surface area contributed by atoms with Crippen molar-refractivity contribution in [1.82, 2.24) is 4.98 Å². The molecule has 0 spiro atoms. The minimum atomic E-state index is -3.70. The van der Waals surface area contributed by atoms with Gasteiger partial charge in [0.1, 0.15) is 11.8 Å². The largest absolute Gasteiger partial charge is 0.388 e. The van der Waals surface area contributed by atoms with Gasteiger partial charge in [0, 0.05) is 39.1 Å². The Balaban J connectivity index is 0.00000289. The van der Waals surface area contributed by atoms with Gasteiger partial charge in [-0.05, 0) is 29.7 Å². The Morgan fingerprint density at radius 1 is 1.16 bits per heavy atom. The average Bonchev–Trinajstić information content (AvgIpc) is 3.34. The van der Waals surface area contributed by atoms with Crippen LogP contribution in [0.15, 0.2) is 60.8 Å². The molecule has 3 aromatic rings. The second-order valence-corrected chi connectivity index (χ2v) is 10.4. The molecule has 32 heavy (non-hydrogen) atoms. The normalized spacial score (nSPS) is 18.3. The number of carbonyl (C=O) groups excluding carboxylic acids is 1. The number of benzene rings is 2. The molecule has 2 unspecified atom stereocenters. The van der Waals surface area contributed by atoms with Crippen LogP contribution in [0.3, 0.4) is 0 Å². The van der Waals surface area contributed by atoms with Crippen LogP contribution in [0.1, 0.15) is 35.1 Å². The number of hydrogen-bond donors (Lipinski definition) is 1. The summed E-state index contributed by atoms with van der Waals surface area (Å²) in [7, 11) is -3.70. The van der Waals surface area contributed by atoms with Crippen LogP contribution in [0, 0.1) is 5.38 Å². The Morgan fingerprint density at radius 2 is 1.88 bits per heavy atom. The number of sulfonamides is 1. The summed E-state index contributed by atoms with van der Waals surface area (Å²) < 4.78 is 26.6. The molecule has 0 bridgehead atoms. The van der Waals surface area contributed by atoms with E-state index in [0.717, 1.165) is 10.6 Å². The summed E-state index contributed by atoms with van der Waals surface area (Å²) in [5, 5.41) is 14.4. The van der Waals surface area contributed by atoms with Crippen molar-refractivity contribution in [3.05, 3.63) is 82.3 Å². The van der Waals surface area contributed by atoms with E-state index in [1.54, 1.807) is 30.5 Å². The monoisotopic (exact) mass is 544 g/mol. The molecule has 1 saturated heterocycles. The maximum absolute atomic E-state index is 12.7. The predicted molar refractivity (Wildman–Crippen MR) is 120 cm³/mol. The SMILES string of the molecule is O=C1CS(=O)(=O)N(c2ccc(C(O)Cc3ccccc3)cc2)C1CCCc1nc[c-]s1.[Y]. The van der Waals surface area contributed by atoms with Crippen LogP contribution in [-0.4, -0.2) is 36.1 Å². The number of thiazole rings is 1. The number of aromatic nitrogens is 1. The van der Waals surface area contributed by atoms with Crippen molar-refractivity contribution >= 4 is 32.8 Å². The summed E-state index contributed by atoms with van der Waals surface area (Å²) >= 11 is 1.43. The maximum Gasteiger partial charge on any atom is 0.243 e. The van der Waals surface area contributed by atoms with Gasteiger partial charge in [0.25, 0.3) is 0 Å². The van der Waals surface area contributed by atoms with Crippen molar-refractivity contribution in [1.29, 1.82) is 0 Å². The summed E-state index contributed by atoms with van der Waals surface area (Å²) in [6.45, 7) is 0. The van der Waals surface area contributed by atoms with E-state index in [4.69, 9.17) is 0 Å². The number of aliphatic hydroxyl groups excluding tert-OH is 1. The Hall–Kier alpha value is -1.45. The molecule has 165 valence electrons. The first-order valence-electron chi connectivity index (χ1n) is 10.1. The summed E-state index contributed by atoms with van der Waals surface area (Å²) in [6, 6.07) is 15.8. The second kappa shape index (κ2) is 11.1. The number of nitrogens with zero attached hydrogens (tertiary/aromatic N) is 2. The minimum absolute atomic E-state index is 0. The van der Waals surface area contributed by atoms with Gasteiger partial charge in [0.15, 0.2) is 5.78 Å². The Labute approximate surface area is 217 Å². The molecular formula is C23H23N2O4S2Y-. The van der Waals surface area contributed by atoms with Gasteiger partial charge in [-0.3, -0.25) is 9.10 Å². The molecule has 1 aromatic heterocycles. The topological polar surface area (TPSA) is 87.6 Å². The molecule has 0 aliphatic carbocycles. The molecule has 2 atom stereocenters. The smallest absolute Gasteiger partial charge is 0.243 e. The standard InChI is InChI=1S/C23H23N2O4S2.Y/c26-21(15-17-5-2-1-3-6-17)18-9-11-19(12-10-18)25-20(22(27)16-31(25,28)29)7-4-8-23-24-13-14-30-23;/h1-3,5-6,9-13,20-21,26H,4,7-8,15-16H2;/q-1;. The molecular weight excluding hydrogens is 521 g/mol. The zero-order valence-electron chi connectivity index (χ0n) is 17.4. The molecule has 1 aliphatic heterocycles. The van der Waals surface area contributed by atoms with Gasteiger partial charge in [-0.2, -0.15) is 5.38 Å². The van der Waals surface area contributed by atoms with Crippen LogP contribution >= 0.6 is 11.3 Å². The van der Waals surface area contributed by atoms with E-state index < -0.39 is 27.9 Å². The maximum atomic E-state index is 12.7. The van der Waals surface area contributed by atoms with E-state index >= 15 is 0 Å². The molecule has 6 nitrogen and oxygen atoms in total. The third kappa shape index (κ3) is 5.91. The van der Waals surface area contributed by atoms with E-state index in [1.807, 2.05) is 30.3 Å². The van der Waals surface area contributed by atoms with Gasteiger partial charge in [0.05, 0.1) is 11.8 Å². The summed E-state index contributed by atoms with van der Waals surface area (Å²) in [4.78, 5) is 16.6. The molecule has 1 N–H and O–H groups in total. The summed E-state index contributed by atoms with van der Waals surface area (Å²) in [5.74, 6) is -0.750. The first kappa shape index (κ1) is 25.2. The molecule has 4 rings (SSSR count). The van der Waals surface area contributed by atoms with E-state index in [0.29, 0.717) is 36.9 Å². The third-order valence-corrected chi connectivity index (χ3v) is 7.87. The van der Waals surface area contributed by atoms with E-state index in [1.165, 1.54) is 15.6 Å². The third-order valence-electron chi connectivity index (χ3n) is 5.39. The fourth-order valence-corrected chi connectivity index (χ4v) is 6.21. The van der Waals surface area contributed by atoms with Gasteiger partial charge in [0.2, 0.25) is 10.0 Å². The molecule has 0 saturated carbocycles. The van der Waals surface area contributed by atoms with Gasteiger partial charge < -0.3 is 21.4 Å². The number of ketones is 1. The minimum Gasteiger partial charge on any atom is -0.388 e. The second-order valence-electron chi connectivity index (χ2n) is 7.60. The van der Waals surface area contributed by atoms with Crippen molar-refractivity contribution in [2.24, 2.45) is 0 Å². The molecule has 2 heterocycles. The fourth-order valence-electron chi connectivity index (χ4n) is 3.87. The molecule has 1 fully saturated rings. The van der Waals surface area contributed by atoms with Crippen molar-refractivity contribution < 1.29 is 51.0 Å². The number of carbonyl (C=O) groups is 1. The van der Waals surface area contributed by atoms with E-state index in [2.05, 4.69) is 10.4 Å². The number of hydrogen-bond acceptors (Lipinski definition) is 6. The molecule has 1 aliphatic rings. The number of Topliss-reactive ketones (excluding diaryl/α,β-unsaturated/α-hetero) is 1. The molecule has 1 radical (unpaired) electrons. The first-order chi connectivity index (χ1) is 14.9. The Bertz CT molecular complexity index is 1120. The summed E-state index contributed by atoms with van der Waals surface area (Å²) in [6.07, 6.45) is 3.19. The fraction of sp³-hybridized carbons (Fsp3) is 0.304. The van der Waals surface area contributed by atoms with Crippen LogP contribution in [0.5, 0.6) is 0 Å². The van der Waals surface area contributed by atoms with Crippen molar-refractivity contribution in [3.63, 3.8) is 0 Å². The number of aryl methyl sites for hydroxylation is 1. The van der Waals surface area contributed by atoms with Crippen LogP contribution in [0.2, 0.25) is 0 Å². The van der Waals surface area contributed by atoms with Gasteiger partial charge >= 0.3 is 0 Å². The Morgan fingerprint density at radius 3 is 2.53 bits per heavy atom. The van der Waals surface area contributed by atoms with Crippen molar-refractivity contribution in [2.45, 2.75) is 37.8 Å². The molecule has 0 amide bonds. The number of anilines is 1. The van der Waals surface area contributed by atoms with Crippen molar-refractivity contribution in [3.8, 4) is 0 Å². The molecule has 9 heteroatoms. The first-order valence-corrected chi connectivity index (χ1v) is 12.5. The Kier molecular flexibility index (Phi) is 8.75. The summed E-state index contributed by atoms with van der Waals surface area (Å²) in [5.41, 5.74) is 2.17. The van der Waals surface area contributed by atoms with Gasteiger partial charge in [-0.15, -0.1) is 0 Å². The number of aliphatic hydroxyl groups is 1. The average molecular weight is 544 g/mol. The number of rotatable bonds is 8. The molecule has 2 aromatic carbocycles. The van der Waals surface area contributed by atoms with Crippen molar-refractivity contribution in [2.75, 3.05) is 10.1 Å². The quantitative estimate of drug-likeness (QED) is 0.440. The van der Waals surface area contributed by atoms with E-state index in [9.17, 15) is 18.3 Å². The predicted octanol–water partition coefficient (Wildman–Crippen LogP) is 3.33. The van der Waals surface area contributed by atoms with E-state index in [-0.39, 0.29) is 38.5 Å². The zero-order valence-corrected chi connectivity index (χ0v) is 21.9. The zero-order chi connectivity index (χ0) is 21.8. The van der Waals surface area contributed by atoms with Gasteiger partial charge in [-0.1, -0.05) is 66.5 Å². The van der Waals surface area contributed by atoms with Crippen LogP contribution in [-0.2, 0) is 60.4 Å². The van der Waals surface area contributed by atoms with Crippen LogP contribution < -0.4 is 4.31 Å². The van der Waals surface area contributed by atoms with Crippen LogP contribution in [0.4, 0.5) is 5.69 Å². The van der Waals surface area contributed by atoms with Crippen LogP contribution in [0.25, 0.3) is 0 Å². The van der Waals surface area contributed by atoms with Gasteiger partial charge in [-0.25, -0.2) is 8.42 Å².